The van der Waals surface area contributed by atoms with E-state index in [1.165, 1.54) is 0 Å². The van der Waals surface area contributed by atoms with Gasteiger partial charge < -0.3 is 0 Å². The molecule has 0 aromatic rings. The summed E-state index contributed by atoms with van der Waals surface area (Å²) in [5.74, 6) is -2.07. The van der Waals surface area contributed by atoms with Crippen LogP contribution in [0.3, 0.4) is 0 Å². The first-order valence-corrected chi connectivity index (χ1v) is 2.96. The van der Waals surface area contributed by atoms with Crippen LogP contribution in [0.15, 0.2) is 12.2 Å². The first-order chi connectivity index (χ1) is 5.13. The third kappa shape index (κ3) is 5.03. The number of hydrogen-bond acceptors (Lipinski definition) is 0. The zero-order chi connectivity index (χ0) is 9.99. The molecule has 0 aliphatic rings. The number of halogens is 6. The fourth-order valence-corrected chi connectivity index (χ4v) is 0.363. The Hall–Kier alpha value is -0.680. The molecule has 0 rings (SSSR count). The van der Waals surface area contributed by atoms with Gasteiger partial charge in [-0.15, -0.1) is 0 Å². The second kappa shape index (κ2) is 3.37. The average molecular weight is 192 g/mol. The van der Waals surface area contributed by atoms with Gasteiger partial charge in [0.15, 0.2) is 0 Å². The molecule has 0 spiro atoms. The zero-order valence-corrected chi connectivity index (χ0v) is 6.00. The van der Waals surface area contributed by atoms with E-state index in [9.17, 15) is 26.3 Å². The smallest absolute Gasteiger partial charge is 0.170 e. The Morgan fingerprint density at radius 3 is 1.67 bits per heavy atom. The number of alkyl halides is 6. The Morgan fingerprint density at radius 2 is 1.42 bits per heavy atom. The molecule has 6 heteroatoms. The van der Waals surface area contributed by atoms with Gasteiger partial charge in [-0.3, -0.25) is 0 Å². The van der Waals surface area contributed by atoms with Gasteiger partial charge in [0.05, 0.1) is 5.92 Å². The highest BCUT2D eigenvalue weighted by Gasteiger charge is 2.35. The van der Waals surface area contributed by atoms with E-state index in [1.807, 2.05) is 0 Å². The lowest BCUT2D eigenvalue weighted by Gasteiger charge is -2.10. The molecule has 0 aliphatic carbocycles. The van der Waals surface area contributed by atoms with Crippen LogP contribution in [0.25, 0.3) is 0 Å². The van der Waals surface area contributed by atoms with Crippen LogP contribution in [0.1, 0.15) is 6.92 Å². The van der Waals surface area contributed by atoms with Gasteiger partial charge in [-0.05, 0) is 0 Å². The maximum atomic E-state index is 11.6. The topological polar surface area (TPSA) is 0 Å². The Labute approximate surface area is 64.9 Å². The third-order valence-corrected chi connectivity index (χ3v) is 1.09. The van der Waals surface area contributed by atoms with E-state index < -0.39 is 24.3 Å². The molecular formula is C6H6F6. The normalized spacial score (nSPS) is 16.9. The molecule has 0 radical (unpaired) electrons. The molecule has 0 aromatic carbocycles. The fraction of sp³-hybridized carbons (Fsp3) is 0.667. The minimum atomic E-state index is -4.68. The first-order valence-electron chi connectivity index (χ1n) is 2.96. The van der Waals surface area contributed by atoms with Gasteiger partial charge in [-0.1, -0.05) is 13.0 Å². The van der Waals surface area contributed by atoms with Crippen molar-refractivity contribution in [1.82, 2.24) is 0 Å². The van der Waals surface area contributed by atoms with Gasteiger partial charge in [0.2, 0.25) is 0 Å². The molecule has 1 unspecified atom stereocenters. The maximum Gasteiger partial charge on any atom is 0.409 e. The Bertz CT molecular complexity index is 162. The van der Waals surface area contributed by atoms with Gasteiger partial charge in [-0.25, -0.2) is 0 Å². The lowest BCUT2D eigenvalue weighted by molar-refractivity contribution is -0.157. The van der Waals surface area contributed by atoms with Gasteiger partial charge in [0, 0.05) is 6.08 Å². The molecule has 12 heavy (non-hydrogen) atoms. The van der Waals surface area contributed by atoms with Crippen LogP contribution in [0, 0.1) is 5.92 Å². The van der Waals surface area contributed by atoms with Crippen molar-refractivity contribution in [2.75, 3.05) is 0 Å². The highest BCUT2D eigenvalue weighted by atomic mass is 19.4. The third-order valence-electron chi connectivity index (χ3n) is 1.09. The molecule has 1 atom stereocenters. The van der Waals surface area contributed by atoms with Gasteiger partial charge in [-0.2, -0.15) is 26.3 Å². The van der Waals surface area contributed by atoms with Crippen LogP contribution in [0.5, 0.6) is 0 Å². The summed E-state index contributed by atoms with van der Waals surface area (Å²) in [5.41, 5.74) is 0. The van der Waals surface area contributed by atoms with Crippen LogP contribution in [-0.4, -0.2) is 12.4 Å². The molecule has 0 saturated heterocycles. The highest BCUT2D eigenvalue weighted by Crippen LogP contribution is 2.28. The van der Waals surface area contributed by atoms with E-state index in [0.717, 1.165) is 0 Å². The minimum absolute atomic E-state index is 0.0833. The largest absolute Gasteiger partial charge is 0.409 e. The highest BCUT2D eigenvalue weighted by molar-refractivity contribution is 4.94. The number of rotatable bonds is 1. The number of allylic oxidation sites excluding steroid dienone is 2. The fourth-order valence-electron chi connectivity index (χ4n) is 0.363. The van der Waals surface area contributed by atoms with E-state index >= 15 is 0 Å². The molecule has 0 saturated carbocycles. The molecule has 0 aliphatic heterocycles. The van der Waals surface area contributed by atoms with Crippen molar-refractivity contribution < 1.29 is 26.3 Å². The predicted molar refractivity (Wildman–Crippen MR) is 30.4 cm³/mol. The summed E-state index contributed by atoms with van der Waals surface area (Å²) in [6.07, 6.45) is -9.62. The van der Waals surface area contributed by atoms with Crippen molar-refractivity contribution in [3.05, 3.63) is 12.2 Å². The Morgan fingerprint density at radius 1 is 1.00 bits per heavy atom. The molecule has 0 aromatic heterocycles. The Kier molecular flexibility index (Phi) is 3.17. The van der Waals surface area contributed by atoms with Crippen LogP contribution < -0.4 is 0 Å². The molecule has 0 N–H and O–H groups in total. The second-order valence-corrected chi connectivity index (χ2v) is 2.23. The van der Waals surface area contributed by atoms with E-state index in [-0.39, 0.29) is 6.08 Å². The predicted octanol–water partition coefficient (Wildman–Crippen LogP) is 3.30. The second-order valence-electron chi connectivity index (χ2n) is 2.23. The summed E-state index contributed by atoms with van der Waals surface area (Å²) in [6, 6.07) is 0. The maximum absolute atomic E-state index is 11.6. The summed E-state index contributed by atoms with van der Waals surface area (Å²) in [5, 5.41) is 0. The number of hydrogen-bond donors (Lipinski definition) is 0. The monoisotopic (exact) mass is 192 g/mol. The van der Waals surface area contributed by atoms with Crippen molar-refractivity contribution in [1.29, 1.82) is 0 Å². The summed E-state index contributed by atoms with van der Waals surface area (Å²) < 4.78 is 68.9. The summed E-state index contributed by atoms with van der Waals surface area (Å²) >= 11 is 0. The quantitative estimate of drug-likeness (QED) is 0.441. The van der Waals surface area contributed by atoms with Gasteiger partial charge in [0.1, 0.15) is 0 Å². The van der Waals surface area contributed by atoms with Crippen molar-refractivity contribution in [2.45, 2.75) is 19.3 Å². The molecular weight excluding hydrogens is 186 g/mol. The minimum Gasteiger partial charge on any atom is -0.170 e. The standard InChI is InChI=1S/C6H6F6/c1-4(6(10,11)12)2-3-5(7,8)9/h2-4H,1H3/b3-2+. The van der Waals surface area contributed by atoms with Crippen molar-refractivity contribution in [2.24, 2.45) is 5.92 Å². The average Bonchev–Trinajstić information content (AvgIpc) is 1.78. The molecule has 0 nitrogen and oxygen atoms in total. The van der Waals surface area contributed by atoms with E-state index in [4.69, 9.17) is 0 Å². The summed E-state index contributed by atoms with van der Waals surface area (Å²) in [7, 11) is 0. The van der Waals surface area contributed by atoms with E-state index in [0.29, 0.717) is 6.92 Å². The van der Waals surface area contributed by atoms with Crippen LogP contribution in [-0.2, 0) is 0 Å². The zero-order valence-electron chi connectivity index (χ0n) is 6.00. The van der Waals surface area contributed by atoms with Crippen LogP contribution in [0.2, 0.25) is 0 Å². The lowest BCUT2D eigenvalue weighted by Crippen LogP contribution is -2.18. The van der Waals surface area contributed by atoms with Crippen LogP contribution in [0.4, 0.5) is 26.3 Å². The molecule has 0 bridgehead atoms. The van der Waals surface area contributed by atoms with Crippen LogP contribution >= 0.6 is 0 Å². The van der Waals surface area contributed by atoms with Crippen molar-refractivity contribution >= 4 is 0 Å². The molecule has 0 amide bonds. The first kappa shape index (κ1) is 11.3. The molecule has 72 valence electrons. The van der Waals surface area contributed by atoms with Crippen molar-refractivity contribution in [3.63, 3.8) is 0 Å². The molecule has 0 fully saturated rings. The van der Waals surface area contributed by atoms with Gasteiger partial charge >= 0.3 is 12.4 Å². The Balaban J connectivity index is 4.19. The van der Waals surface area contributed by atoms with Crippen molar-refractivity contribution in [3.8, 4) is 0 Å². The lowest BCUT2D eigenvalue weighted by atomic mass is 10.1. The summed E-state index contributed by atoms with van der Waals surface area (Å²) in [6.45, 7) is 0.655. The summed E-state index contributed by atoms with van der Waals surface area (Å²) in [4.78, 5) is 0. The SMILES string of the molecule is CC(/C=C/C(F)(F)F)C(F)(F)F. The van der Waals surface area contributed by atoms with E-state index in [2.05, 4.69) is 0 Å². The van der Waals surface area contributed by atoms with Gasteiger partial charge in [0.25, 0.3) is 0 Å². The molecule has 0 heterocycles. The van der Waals surface area contributed by atoms with E-state index in [1.54, 1.807) is 0 Å².